The van der Waals surface area contributed by atoms with Crippen molar-refractivity contribution in [3.63, 3.8) is 0 Å². The summed E-state index contributed by atoms with van der Waals surface area (Å²) in [6.45, 7) is 7.02. The largest absolute Gasteiger partial charge is 0.481 e. The fraction of sp³-hybridized carbons (Fsp3) is 0.955. The Kier molecular flexibility index (Phi) is 5.40. The van der Waals surface area contributed by atoms with Gasteiger partial charge < -0.3 is 24.1 Å². The highest BCUT2D eigenvalue weighted by atomic mass is 17.3. The van der Waals surface area contributed by atoms with E-state index in [0.717, 1.165) is 25.7 Å². The van der Waals surface area contributed by atoms with E-state index in [1.165, 1.54) is 0 Å². The van der Waals surface area contributed by atoms with Crippen LogP contribution >= 0.6 is 0 Å². The number of rotatable bonds is 4. The summed E-state index contributed by atoms with van der Waals surface area (Å²) in [5, 5.41) is 9.13. The average molecular weight is 427 g/mol. The highest BCUT2D eigenvalue weighted by molar-refractivity contribution is 5.70. The maximum atomic E-state index is 11.1. The minimum absolute atomic E-state index is 0.102. The van der Waals surface area contributed by atoms with Gasteiger partial charge in [0.25, 0.3) is 0 Å². The third-order valence-electron chi connectivity index (χ3n) is 8.26. The number of ether oxygens (including phenoxy) is 4. The van der Waals surface area contributed by atoms with Crippen LogP contribution in [0, 0.1) is 29.6 Å². The number of hydrogen-bond donors (Lipinski definition) is 1. The minimum atomic E-state index is -0.791. The van der Waals surface area contributed by atoms with Gasteiger partial charge in [0.2, 0.25) is 5.79 Å². The number of carbonyl (C=O) groups is 1. The lowest BCUT2D eigenvalue weighted by atomic mass is 9.58. The summed E-state index contributed by atoms with van der Waals surface area (Å²) in [5.41, 5.74) is -0.580. The molecule has 1 unspecified atom stereocenters. The molecule has 1 saturated carbocycles. The van der Waals surface area contributed by atoms with Crippen LogP contribution in [-0.2, 0) is 33.5 Å². The standard InChI is InChI=1S/C22H34O8/c1-12-4-7-17-13(2)19(26-11-15-6-5-14(10-25-15)18(23)24)27-20-22(17)16(12)8-9-21(3,28-20)29-30-22/h12-17,19-20H,4-11H2,1-3H3,(H,23,24)/t12-,13-,14?,15-,16+,17+,19+,20-,21-,22-/m1/s1. The van der Waals surface area contributed by atoms with Gasteiger partial charge in [-0.2, -0.15) is 0 Å². The molecule has 8 nitrogen and oxygen atoms in total. The maximum absolute atomic E-state index is 11.1. The van der Waals surface area contributed by atoms with Crippen LogP contribution in [0.2, 0.25) is 0 Å². The minimum Gasteiger partial charge on any atom is -0.481 e. The van der Waals surface area contributed by atoms with Crippen LogP contribution in [0.5, 0.6) is 0 Å². The van der Waals surface area contributed by atoms with E-state index in [1.807, 2.05) is 6.92 Å². The molecule has 0 aromatic rings. The van der Waals surface area contributed by atoms with E-state index in [9.17, 15) is 4.79 Å². The van der Waals surface area contributed by atoms with Crippen molar-refractivity contribution in [3.8, 4) is 0 Å². The van der Waals surface area contributed by atoms with Gasteiger partial charge in [0.05, 0.1) is 25.2 Å². The molecule has 1 aliphatic carbocycles. The lowest BCUT2D eigenvalue weighted by Gasteiger charge is -2.60. The van der Waals surface area contributed by atoms with Gasteiger partial charge in [-0.05, 0) is 50.9 Å². The summed E-state index contributed by atoms with van der Waals surface area (Å²) >= 11 is 0. The van der Waals surface area contributed by atoms with E-state index in [1.54, 1.807) is 0 Å². The Morgan fingerprint density at radius 1 is 1.10 bits per heavy atom. The molecule has 5 saturated heterocycles. The molecule has 5 heterocycles. The SMILES string of the molecule is C[C@H]1[C@@H](OC[C@H]2CCC(C(=O)O)CO2)O[C@@H]2O[C@@]3(C)CC[C@H]4[C@H](C)CC[C@@H]1[C@@]24OO3. The molecule has 6 rings (SSSR count). The van der Waals surface area contributed by atoms with E-state index in [-0.39, 0.29) is 24.5 Å². The fourth-order valence-corrected chi connectivity index (χ4v) is 6.40. The van der Waals surface area contributed by atoms with Gasteiger partial charge in [-0.1, -0.05) is 13.8 Å². The van der Waals surface area contributed by atoms with Crippen molar-refractivity contribution in [2.24, 2.45) is 29.6 Å². The molecule has 0 amide bonds. The second kappa shape index (κ2) is 7.67. The topological polar surface area (TPSA) is 92.7 Å². The first-order chi connectivity index (χ1) is 14.3. The van der Waals surface area contributed by atoms with Crippen LogP contribution in [0.25, 0.3) is 0 Å². The van der Waals surface area contributed by atoms with Crippen molar-refractivity contribution in [2.75, 3.05) is 13.2 Å². The molecule has 2 bridgehead atoms. The molecular weight excluding hydrogens is 392 g/mol. The van der Waals surface area contributed by atoms with E-state index in [2.05, 4.69) is 13.8 Å². The maximum Gasteiger partial charge on any atom is 0.308 e. The zero-order chi connectivity index (χ0) is 21.1. The third-order valence-corrected chi connectivity index (χ3v) is 8.26. The Morgan fingerprint density at radius 2 is 1.93 bits per heavy atom. The van der Waals surface area contributed by atoms with Crippen molar-refractivity contribution in [1.29, 1.82) is 0 Å². The Balaban J connectivity index is 1.29. The van der Waals surface area contributed by atoms with Gasteiger partial charge in [-0.25, -0.2) is 9.78 Å². The molecule has 8 heteroatoms. The van der Waals surface area contributed by atoms with E-state index in [0.29, 0.717) is 31.3 Å². The summed E-state index contributed by atoms with van der Waals surface area (Å²) in [5.74, 6) is -0.775. The predicted octanol–water partition coefficient (Wildman–Crippen LogP) is 3.09. The van der Waals surface area contributed by atoms with Crippen LogP contribution in [0.3, 0.4) is 0 Å². The molecule has 6 aliphatic rings. The first kappa shape index (κ1) is 21.1. The van der Waals surface area contributed by atoms with Crippen LogP contribution in [0.15, 0.2) is 0 Å². The third kappa shape index (κ3) is 3.31. The van der Waals surface area contributed by atoms with E-state index < -0.39 is 35.9 Å². The number of carboxylic acid groups (broad SMARTS) is 1. The zero-order valence-corrected chi connectivity index (χ0v) is 18.1. The molecule has 5 aliphatic heterocycles. The lowest BCUT2D eigenvalue weighted by molar-refractivity contribution is -0.577. The normalized spacial score (nSPS) is 53.0. The molecule has 0 aromatic carbocycles. The number of hydrogen-bond acceptors (Lipinski definition) is 7. The molecule has 30 heavy (non-hydrogen) atoms. The lowest BCUT2D eigenvalue weighted by Crippen LogP contribution is -2.70. The highest BCUT2D eigenvalue weighted by Crippen LogP contribution is 2.60. The Bertz CT molecular complexity index is 664. The van der Waals surface area contributed by atoms with Gasteiger partial charge >= 0.3 is 5.97 Å². The Hall–Kier alpha value is -0.770. The quantitative estimate of drug-likeness (QED) is 0.686. The van der Waals surface area contributed by atoms with Crippen LogP contribution in [0.1, 0.15) is 59.3 Å². The van der Waals surface area contributed by atoms with Gasteiger partial charge in [0, 0.05) is 18.3 Å². The van der Waals surface area contributed by atoms with E-state index >= 15 is 0 Å². The van der Waals surface area contributed by atoms with Crippen molar-refractivity contribution in [1.82, 2.24) is 0 Å². The molecule has 0 aromatic heterocycles. The van der Waals surface area contributed by atoms with Gasteiger partial charge in [0.15, 0.2) is 18.2 Å². The van der Waals surface area contributed by atoms with Crippen molar-refractivity contribution < 1.29 is 38.6 Å². The molecule has 6 fully saturated rings. The fourth-order valence-electron chi connectivity index (χ4n) is 6.40. The molecule has 170 valence electrons. The number of carboxylic acids is 1. The first-order valence-electron chi connectivity index (χ1n) is 11.5. The van der Waals surface area contributed by atoms with Crippen molar-refractivity contribution in [2.45, 2.75) is 89.4 Å². The summed E-state index contributed by atoms with van der Waals surface area (Å²) in [6, 6.07) is 0. The second-order valence-corrected chi connectivity index (χ2v) is 10.2. The van der Waals surface area contributed by atoms with Crippen molar-refractivity contribution >= 4 is 5.97 Å². The summed E-state index contributed by atoms with van der Waals surface area (Å²) in [6.07, 6.45) is 4.25. The Labute approximate surface area is 177 Å². The summed E-state index contributed by atoms with van der Waals surface area (Å²) < 4.78 is 24.7. The van der Waals surface area contributed by atoms with Crippen molar-refractivity contribution in [3.05, 3.63) is 0 Å². The predicted molar refractivity (Wildman–Crippen MR) is 103 cm³/mol. The van der Waals surface area contributed by atoms with Gasteiger partial charge in [-0.3, -0.25) is 4.79 Å². The van der Waals surface area contributed by atoms with Gasteiger partial charge in [-0.15, -0.1) is 0 Å². The summed E-state index contributed by atoms with van der Waals surface area (Å²) in [7, 11) is 0. The zero-order valence-electron chi connectivity index (χ0n) is 18.1. The first-order valence-corrected chi connectivity index (χ1v) is 11.5. The number of aliphatic carboxylic acids is 1. The monoisotopic (exact) mass is 426 g/mol. The van der Waals surface area contributed by atoms with Gasteiger partial charge in [0.1, 0.15) is 0 Å². The molecule has 1 spiro atoms. The van der Waals surface area contributed by atoms with Crippen LogP contribution in [0.4, 0.5) is 0 Å². The molecular formula is C22H34O8. The molecule has 1 N–H and O–H groups in total. The van der Waals surface area contributed by atoms with Crippen LogP contribution < -0.4 is 0 Å². The Morgan fingerprint density at radius 3 is 2.67 bits per heavy atom. The highest BCUT2D eigenvalue weighted by Gasteiger charge is 2.69. The van der Waals surface area contributed by atoms with Crippen LogP contribution in [-0.4, -0.2) is 54.4 Å². The average Bonchev–Trinajstić information content (AvgIpc) is 2.96. The smallest absolute Gasteiger partial charge is 0.308 e. The van der Waals surface area contributed by atoms with E-state index in [4.69, 9.17) is 33.8 Å². The number of fused-ring (bicyclic) bond motifs is 2. The summed E-state index contributed by atoms with van der Waals surface area (Å²) in [4.78, 5) is 23.1. The molecule has 0 radical (unpaired) electrons. The molecule has 10 atom stereocenters. The second-order valence-electron chi connectivity index (χ2n) is 10.2.